The fourth-order valence-corrected chi connectivity index (χ4v) is 5.92. The first-order chi connectivity index (χ1) is 19.1. The minimum atomic E-state index is 0.0524. The van der Waals surface area contributed by atoms with Crippen LogP contribution in [-0.2, 0) is 0 Å². The number of pyridine rings is 3. The van der Waals surface area contributed by atoms with E-state index in [0.29, 0.717) is 4.88 Å². The van der Waals surface area contributed by atoms with Gasteiger partial charge in [0.1, 0.15) is 23.1 Å². The normalized spacial score (nSPS) is 14.3. The lowest BCUT2D eigenvalue weighted by Gasteiger charge is -2.23. The first-order valence-corrected chi connectivity index (χ1v) is 13.7. The first-order valence-electron chi connectivity index (χ1n) is 12.9. The zero-order valence-corrected chi connectivity index (χ0v) is 22.0. The molecular formula is C29H25N7O2S. The Morgan fingerprint density at radius 2 is 1.92 bits per heavy atom. The Hall–Kier alpha value is -4.41. The molecule has 0 amide bonds. The predicted molar refractivity (Wildman–Crippen MR) is 152 cm³/mol. The minimum Gasteiger partial charge on any atom is -0.489 e. The summed E-state index contributed by atoms with van der Waals surface area (Å²) in [5.41, 5.74) is 6.60. The zero-order chi connectivity index (χ0) is 26.3. The van der Waals surface area contributed by atoms with Crippen molar-refractivity contribution < 1.29 is 9.53 Å². The van der Waals surface area contributed by atoms with Gasteiger partial charge in [-0.05, 0) is 75.3 Å². The van der Waals surface area contributed by atoms with Crippen LogP contribution >= 0.6 is 11.3 Å². The van der Waals surface area contributed by atoms with Crippen molar-refractivity contribution in [2.24, 2.45) is 0 Å². The van der Waals surface area contributed by atoms with Crippen molar-refractivity contribution in [2.75, 3.05) is 13.1 Å². The monoisotopic (exact) mass is 535 g/mol. The zero-order valence-electron chi connectivity index (χ0n) is 21.2. The van der Waals surface area contributed by atoms with E-state index >= 15 is 0 Å². The van der Waals surface area contributed by atoms with Gasteiger partial charge < -0.3 is 15.0 Å². The van der Waals surface area contributed by atoms with Crippen molar-refractivity contribution in [1.29, 1.82) is 0 Å². The van der Waals surface area contributed by atoms with Crippen LogP contribution in [-0.4, -0.2) is 55.1 Å². The Morgan fingerprint density at radius 3 is 2.77 bits per heavy atom. The van der Waals surface area contributed by atoms with Crippen LogP contribution in [0.15, 0.2) is 61.1 Å². The van der Waals surface area contributed by atoms with E-state index in [9.17, 15) is 4.79 Å². The number of rotatable bonds is 6. The van der Waals surface area contributed by atoms with Gasteiger partial charge in [0.25, 0.3) is 0 Å². The average molecular weight is 536 g/mol. The number of hydrogen-bond donors (Lipinski definition) is 3. The van der Waals surface area contributed by atoms with E-state index in [1.807, 2.05) is 42.5 Å². The molecule has 10 heteroatoms. The number of H-pyrrole nitrogens is 2. The van der Waals surface area contributed by atoms with Crippen LogP contribution in [0.3, 0.4) is 0 Å². The van der Waals surface area contributed by atoms with E-state index < -0.39 is 0 Å². The summed E-state index contributed by atoms with van der Waals surface area (Å²) in [6, 6.07) is 13.7. The number of nitrogens with zero attached hydrogens (tertiary/aromatic N) is 4. The van der Waals surface area contributed by atoms with Crippen LogP contribution < -0.4 is 10.1 Å². The highest BCUT2D eigenvalue weighted by atomic mass is 32.1. The van der Waals surface area contributed by atoms with E-state index in [0.717, 1.165) is 86.8 Å². The van der Waals surface area contributed by atoms with Crippen LogP contribution in [0.2, 0.25) is 0 Å². The number of ether oxygens (including phenoxy) is 1. The molecule has 0 aliphatic carbocycles. The number of thiophene rings is 1. The van der Waals surface area contributed by atoms with Crippen molar-refractivity contribution in [2.45, 2.75) is 25.9 Å². The maximum Gasteiger partial charge on any atom is 0.169 e. The summed E-state index contributed by atoms with van der Waals surface area (Å²) in [5.74, 6) is 0.808. The molecule has 0 bridgehead atoms. The van der Waals surface area contributed by atoms with Crippen LogP contribution in [0, 0.1) is 0 Å². The molecular weight excluding hydrogens is 510 g/mol. The summed E-state index contributed by atoms with van der Waals surface area (Å²) in [7, 11) is 0. The van der Waals surface area contributed by atoms with Gasteiger partial charge in [0.05, 0.1) is 38.5 Å². The average Bonchev–Trinajstić information content (AvgIpc) is 3.71. The van der Waals surface area contributed by atoms with Crippen molar-refractivity contribution in [3.8, 4) is 39.0 Å². The van der Waals surface area contributed by atoms with Gasteiger partial charge in [0, 0.05) is 28.9 Å². The molecule has 0 saturated carbocycles. The van der Waals surface area contributed by atoms with E-state index in [1.54, 1.807) is 25.5 Å². The summed E-state index contributed by atoms with van der Waals surface area (Å²) >= 11 is 1.45. The number of carbonyl (C=O) groups is 1. The van der Waals surface area contributed by atoms with Crippen LogP contribution in [0.25, 0.3) is 55.2 Å². The molecule has 1 aliphatic rings. The summed E-state index contributed by atoms with van der Waals surface area (Å²) in [4.78, 5) is 31.0. The fourth-order valence-electron chi connectivity index (χ4n) is 5.01. The topological polar surface area (TPSA) is 121 Å². The van der Waals surface area contributed by atoms with Crippen molar-refractivity contribution in [3.05, 3.63) is 65.9 Å². The molecule has 0 unspecified atom stereocenters. The van der Waals surface area contributed by atoms with Gasteiger partial charge in [0.15, 0.2) is 5.78 Å². The second kappa shape index (κ2) is 9.72. The SMILES string of the molecule is CC(=O)c1ccc(-c2nccc3[nH]c(-c4n[nH]c5ccc(-c6cncc(OC7CCNCC7)c6)nc45)cc23)s1. The molecule has 9 nitrogen and oxygen atoms in total. The molecule has 1 saturated heterocycles. The fraction of sp³-hybridized carbons (Fsp3) is 0.207. The quantitative estimate of drug-likeness (QED) is 0.237. The molecule has 7 heterocycles. The summed E-state index contributed by atoms with van der Waals surface area (Å²) in [5, 5.41) is 12.0. The Morgan fingerprint density at radius 1 is 1.03 bits per heavy atom. The van der Waals surface area contributed by atoms with Crippen LogP contribution in [0.5, 0.6) is 5.75 Å². The van der Waals surface area contributed by atoms with Crippen LogP contribution in [0.4, 0.5) is 0 Å². The van der Waals surface area contributed by atoms with Gasteiger partial charge in [-0.2, -0.15) is 5.10 Å². The molecule has 0 radical (unpaired) electrons. The first kappa shape index (κ1) is 23.7. The smallest absolute Gasteiger partial charge is 0.169 e. The van der Waals surface area contributed by atoms with E-state index in [1.165, 1.54) is 11.3 Å². The van der Waals surface area contributed by atoms with Gasteiger partial charge in [-0.1, -0.05) is 0 Å². The lowest BCUT2D eigenvalue weighted by molar-refractivity contribution is 0.102. The number of aromatic amines is 2. The molecule has 3 N–H and O–H groups in total. The summed E-state index contributed by atoms with van der Waals surface area (Å²) < 4.78 is 6.20. The van der Waals surface area contributed by atoms with E-state index in [-0.39, 0.29) is 11.9 Å². The third-order valence-electron chi connectivity index (χ3n) is 7.00. The number of piperidine rings is 1. The van der Waals surface area contributed by atoms with Gasteiger partial charge >= 0.3 is 0 Å². The van der Waals surface area contributed by atoms with Gasteiger partial charge in [-0.25, -0.2) is 4.98 Å². The Kier molecular flexibility index (Phi) is 5.90. The number of ketones is 1. The largest absolute Gasteiger partial charge is 0.489 e. The lowest BCUT2D eigenvalue weighted by Crippen LogP contribution is -2.34. The van der Waals surface area contributed by atoms with Crippen molar-refractivity contribution in [3.63, 3.8) is 0 Å². The molecule has 0 aromatic carbocycles. The minimum absolute atomic E-state index is 0.0524. The van der Waals surface area contributed by atoms with Gasteiger partial charge in [0.2, 0.25) is 0 Å². The van der Waals surface area contributed by atoms with Gasteiger partial charge in [-0.15, -0.1) is 11.3 Å². The highest BCUT2D eigenvalue weighted by molar-refractivity contribution is 7.17. The Bertz CT molecular complexity index is 1830. The number of hydrogen-bond acceptors (Lipinski definition) is 8. The Labute approximate surface area is 227 Å². The molecule has 39 heavy (non-hydrogen) atoms. The number of aromatic nitrogens is 6. The second-order valence-corrected chi connectivity index (χ2v) is 10.7. The maximum atomic E-state index is 11.8. The Balaban J connectivity index is 1.25. The number of nitrogens with one attached hydrogen (secondary N) is 3. The second-order valence-electron chi connectivity index (χ2n) is 9.67. The van der Waals surface area contributed by atoms with Gasteiger partial charge in [-0.3, -0.25) is 19.9 Å². The molecule has 1 aliphatic heterocycles. The van der Waals surface area contributed by atoms with E-state index in [2.05, 4.69) is 30.5 Å². The van der Waals surface area contributed by atoms with Crippen molar-refractivity contribution >= 4 is 39.1 Å². The molecule has 6 aromatic rings. The summed E-state index contributed by atoms with van der Waals surface area (Å²) in [6.45, 7) is 3.52. The standard InChI is InChI=1S/C29H25N7O2S/c1-16(37)25-4-5-26(39-25)27-20-13-24(33-22(20)8-11-32-27)29-28-23(35-36-29)3-2-21(34-28)17-12-19(15-31-14-17)38-18-6-9-30-10-7-18/h2-5,8,11-15,18,30,33H,6-7,9-10H2,1H3,(H,35,36). The number of fused-ring (bicyclic) bond motifs is 2. The number of carbonyl (C=O) groups excluding carboxylic acids is 1. The molecule has 0 spiro atoms. The van der Waals surface area contributed by atoms with E-state index in [4.69, 9.17) is 9.72 Å². The molecule has 1 fully saturated rings. The third-order valence-corrected chi connectivity index (χ3v) is 8.19. The molecule has 7 rings (SSSR count). The summed E-state index contributed by atoms with van der Waals surface area (Å²) in [6.07, 6.45) is 7.51. The number of Topliss-reactive ketones (excluding diaryl/α,β-unsaturated/α-hetero) is 1. The highest BCUT2D eigenvalue weighted by Gasteiger charge is 2.18. The third kappa shape index (κ3) is 4.47. The predicted octanol–water partition coefficient (Wildman–Crippen LogP) is 5.63. The van der Waals surface area contributed by atoms with Crippen LogP contribution in [0.1, 0.15) is 29.4 Å². The molecule has 0 atom stereocenters. The maximum absolute atomic E-state index is 11.8. The van der Waals surface area contributed by atoms with Crippen molar-refractivity contribution in [1.82, 2.24) is 35.5 Å². The lowest BCUT2D eigenvalue weighted by atomic mass is 10.1. The highest BCUT2D eigenvalue weighted by Crippen LogP contribution is 2.36. The molecule has 194 valence electrons. The molecule has 6 aromatic heterocycles.